The van der Waals surface area contributed by atoms with Gasteiger partial charge in [-0.15, -0.1) is 0 Å². The van der Waals surface area contributed by atoms with E-state index in [1.807, 2.05) is 6.92 Å². The van der Waals surface area contributed by atoms with Gasteiger partial charge in [0.1, 0.15) is 0 Å². The van der Waals surface area contributed by atoms with Gasteiger partial charge in [0, 0.05) is 5.92 Å². The predicted molar refractivity (Wildman–Crippen MR) is 84.0 cm³/mol. The highest BCUT2D eigenvalue weighted by molar-refractivity contribution is 6.01. The van der Waals surface area contributed by atoms with Crippen molar-refractivity contribution in [3.05, 3.63) is 23.3 Å². The Balaban J connectivity index is 2.48. The highest BCUT2D eigenvalue weighted by atomic mass is 16.6. The van der Waals surface area contributed by atoms with Crippen LogP contribution in [0.1, 0.15) is 47.0 Å². The first kappa shape index (κ1) is 16.8. The zero-order valence-corrected chi connectivity index (χ0v) is 14.0. The second-order valence-electron chi connectivity index (χ2n) is 6.18. The molecule has 2 aliphatic carbocycles. The average molecular weight is 306 g/mol. The number of rotatable bonds is 4. The Hall–Kier alpha value is -1.58. The molecule has 4 heteroatoms. The van der Waals surface area contributed by atoms with Gasteiger partial charge in [0.15, 0.2) is 5.41 Å². The normalized spacial score (nSPS) is 26.4. The van der Waals surface area contributed by atoms with E-state index in [1.165, 1.54) is 11.1 Å². The van der Waals surface area contributed by atoms with E-state index < -0.39 is 17.4 Å². The van der Waals surface area contributed by atoms with Crippen molar-refractivity contribution in [2.45, 2.75) is 47.0 Å². The third-order valence-electron chi connectivity index (χ3n) is 5.04. The predicted octanol–water partition coefficient (Wildman–Crippen LogP) is 3.42. The summed E-state index contributed by atoms with van der Waals surface area (Å²) in [7, 11) is 0. The minimum Gasteiger partial charge on any atom is -0.465 e. The monoisotopic (exact) mass is 306 g/mol. The van der Waals surface area contributed by atoms with E-state index in [4.69, 9.17) is 9.47 Å². The molecule has 1 fully saturated rings. The Labute approximate surface area is 132 Å². The summed E-state index contributed by atoms with van der Waals surface area (Å²) in [5.74, 6) is -0.911. The quantitative estimate of drug-likeness (QED) is 0.454. The van der Waals surface area contributed by atoms with Gasteiger partial charge in [0.2, 0.25) is 0 Å². The number of allylic oxidation sites excluding steroid dienone is 4. The molecule has 0 N–H and O–H groups in total. The van der Waals surface area contributed by atoms with Crippen molar-refractivity contribution in [2.75, 3.05) is 13.2 Å². The van der Waals surface area contributed by atoms with Crippen molar-refractivity contribution in [2.24, 2.45) is 17.3 Å². The van der Waals surface area contributed by atoms with Gasteiger partial charge in [-0.25, -0.2) is 0 Å². The molecule has 0 amide bonds. The van der Waals surface area contributed by atoms with Crippen LogP contribution < -0.4 is 0 Å². The van der Waals surface area contributed by atoms with Gasteiger partial charge in [0.25, 0.3) is 0 Å². The number of carbonyl (C=O) groups excluding carboxylic acids is 2. The van der Waals surface area contributed by atoms with Gasteiger partial charge < -0.3 is 9.47 Å². The number of carbonyl (C=O) groups is 2. The third-order valence-corrected chi connectivity index (χ3v) is 5.04. The number of ether oxygens (including phenoxy) is 2. The fraction of sp³-hybridized carbons (Fsp3) is 0.667. The lowest BCUT2D eigenvalue weighted by atomic mass is 9.76. The van der Waals surface area contributed by atoms with Crippen LogP contribution in [0, 0.1) is 17.3 Å². The molecule has 2 aliphatic rings. The van der Waals surface area contributed by atoms with Crippen molar-refractivity contribution in [1.29, 1.82) is 0 Å². The number of hydrogen-bond donors (Lipinski definition) is 0. The molecular weight excluding hydrogens is 280 g/mol. The van der Waals surface area contributed by atoms with E-state index in [0.29, 0.717) is 6.42 Å². The van der Waals surface area contributed by atoms with E-state index >= 15 is 0 Å². The van der Waals surface area contributed by atoms with Crippen LogP contribution in [-0.2, 0) is 19.1 Å². The summed E-state index contributed by atoms with van der Waals surface area (Å²) in [6.45, 7) is 8.14. The summed E-state index contributed by atoms with van der Waals surface area (Å²) in [6, 6.07) is 0. The van der Waals surface area contributed by atoms with E-state index in [-0.39, 0.29) is 25.0 Å². The molecule has 4 nitrogen and oxygen atoms in total. The molecule has 0 saturated heterocycles. The van der Waals surface area contributed by atoms with E-state index in [1.54, 1.807) is 13.8 Å². The smallest absolute Gasteiger partial charge is 0.324 e. The maximum absolute atomic E-state index is 12.7. The fourth-order valence-electron chi connectivity index (χ4n) is 3.73. The first-order valence-electron chi connectivity index (χ1n) is 8.18. The van der Waals surface area contributed by atoms with Crippen LogP contribution in [0.4, 0.5) is 0 Å². The van der Waals surface area contributed by atoms with E-state index in [9.17, 15) is 9.59 Å². The van der Waals surface area contributed by atoms with Gasteiger partial charge >= 0.3 is 11.9 Å². The van der Waals surface area contributed by atoms with Gasteiger partial charge in [-0.3, -0.25) is 9.59 Å². The third kappa shape index (κ3) is 2.59. The molecule has 22 heavy (non-hydrogen) atoms. The van der Waals surface area contributed by atoms with E-state index in [2.05, 4.69) is 19.1 Å². The first-order chi connectivity index (χ1) is 10.5. The van der Waals surface area contributed by atoms with Gasteiger partial charge in [-0.05, 0) is 46.0 Å². The molecule has 2 atom stereocenters. The molecular formula is C18H26O4. The highest BCUT2D eigenvalue weighted by Gasteiger charge is 2.60. The lowest BCUT2D eigenvalue weighted by Gasteiger charge is -2.29. The van der Waals surface area contributed by atoms with Crippen LogP contribution in [-0.4, -0.2) is 25.2 Å². The Morgan fingerprint density at radius 2 is 1.82 bits per heavy atom. The Morgan fingerprint density at radius 1 is 1.23 bits per heavy atom. The van der Waals surface area contributed by atoms with Crippen LogP contribution in [0.2, 0.25) is 0 Å². The molecule has 122 valence electrons. The fourth-order valence-corrected chi connectivity index (χ4v) is 3.73. The molecule has 0 radical (unpaired) electrons. The number of esters is 2. The lowest BCUT2D eigenvalue weighted by molar-refractivity contribution is -0.175. The zero-order valence-electron chi connectivity index (χ0n) is 14.0. The standard InChI is InChI=1S/C18H26O4/c1-5-21-16(19)18(17(20)22-6-2)11-15-12(3)9-7-8-10-14(15)13(18)4/h8,10,13-14H,5-7,9,11H2,1-4H3/t13-,14-/m0/s1. The summed E-state index contributed by atoms with van der Waals surface area (Å²) in [5.41, 5.74) is 1.30. The number of fused-ring (bicyclic) bond motifs is 1. The Morgan fingerprint density at radius 3 is 2.36 bits per heavy atom. The summed E-state index contributed by atoms with van der Waals surface area (Å²) >= 11 is 0. The molecule has 2 rings (SSSR count). The largest absolute Gasteiger partial charge is 0.465 e. The Bertz CT molecular complexity index is 497. The lowest BCUT2D eigenvalue weighted by Crippen LogP contribution is -2.45. The Kier molecular flexibility index (Phi) is 5.09. The SMILES string of the molecule is CCOC(=O)C1(C(=O)OCC)CC2=C(C)CCC=C[C@H]2[C@@H]1C. The second-order valence-corrected chi connectivity index (χ2v) is 6.18. The molecule has 0 unspecified atom stereocenters. The van der Waals surface area contributed by atoms with Crippen LogP contribution in [0.3, 0.4) is 0 Å². The van der Waals surface area contributed by atoms with Gasteiger partial charge in [-0.2, -0.15) is 0 Å². The minimum atomic E-state index is -1.20. The number of hydrogen-bond acceptors (Lipinski definition) is 4. The van der Waals surface area contributed by atoms with Crippen LogP contribution >= 0.6 is 0 Å². The van der Waals surface area contributed by atoms with Crippen molar-refractivity contribution in [3.8, 4) is 0 Å². The summed E-state index contributed by atoms with van der Waals surface area (Å²) in [6.07, 6.45) is 6.73. The zero-order chi connectivity index (χ0) is 16.3. The molecule has 0 aromatic carbocycles. The van der Waals surface area contributed by atoms with Crippen molar-refractivity contribution >= 4 is 11.9 Å². The maximum atomic E-state index is 12.7. The van der Waals surface area contributed by atoms with Crippen LogP contribution in [0.25, 0.3) is 0 Å². The van der Waals surface area contributed by atoms with Crippen LogP contribution in [0.15, 0.2) is 23.3 Å². The summed E-state index contributed by atoms with van der Waals surface area (Å²) < 4.78 is 10.5. The molecule has 0 aliphatic heterocycles. The van der Waals surface area contributed by atoms with E-state index in [0.717, 1.165) is 12.8 Å². The summed E-state index contributed by atoms with van der Waals surface area (Å²) in [4.78, 5) is 25.3. The topological polar surface area (TPSA) is 52.6 Å². The first-order valence-corrected chi connectivity index (χ1v) is 8.18. The summed E-state index contributed by atoms with van der Waals surface area (Å²) in [5, 5.41) is 0. The molecule has 0 spiro atoms. The highest BCUT2D eigenvalue weighted by Crippen LogP contribution is 2.54. The van der Waals surface area contributed by atoms with Gasteiger partial charge in [0.05, 0.1) is 13.2 Å². The molecule has 1 saturated carbocycles. The van der Waals surface area contributed by atoms with Crippen molar-refractivity contribution < 1.29 is 19.1 Å². The van der Waals surface area contributed by atoms with Crippen molar-refractivity contribution in [1.82, 2.24) is 0 Å². The maximum Gasteiger partial charge on any atom is 0.324 e. The molecule has 0 aromatic rings. The van der Waals surface area contributed by atoms with Crippen LogP contribution in [0.5, 0.6) is 0 Å². The van der Waals surface area contributed by atoms with Crippen molar-refractivity contribution in [3.63, 3.8) is 0 Å². The second kappa shape index (κ2) is 6.67. The van der Waals surface area contributed by atoms with Gasteiger partial charge in [-0.1, -0.05) is 30.2 Å². The minimum absolute atomic E-state index is 0.122. The average Bonchev–Trinajstić information content (AvgIpc) is 2.66. The molecule has 0 bridgehead atoms. The molecule has 0 aromatic heterocycles. The molecule has 0 heterocycles.